The highest BCUT2D eigenvalue weighted by Gasteiger charge is 2.50. The van der Waals surface area contributed by atoms with E-state index in [1.165, 1.54) is 22.4 Å². The van der Waals surface area contributed by atoms with Gasteiger partial charge in [-0.3, -0.25) is 4.79 Å². The molecular formula is C25H25BrN2O. The summed E-state index contributed by atoms with van der Waals surface area (Å²) in [5, 5.41) is 4.89. The number of carbonyl (C=O) groups excluding carboxylic acids is 1. The van der Waals surface area contributed by atoms with Crippen molar-refractivity contribution in [2.75, 3.05) is 0 Å². The number of nitrogens with zero attached hydrogens (tertiary/aromatic N) is 2. The van der Waals surface area contributed by atoms with Crippen LogP contribution in [0.5, 0.6) is 0 Å². The predicted octanol–water partition coefficient (Wildman–Crippen LogP) is 6.12. The monoisotopic (exact) mass is 448 g/mol. The van der Waals surface area contributed by atoms with Crippen molar-refractivity contribution < 1.29 is 4.79 Å². The van der Waals surface area contributed by atoms with Gasteiger partial charge in [-0.1, -0.05) is 56.3 Å². The average Bonchev–Trinajstić information content (AvgIpc) is 3.10. The number of ketones is 1. The Bertz CT molecular complexity index is 1070. The minimum absolute atomic E-state index is 0.0158. The molecule has 1 aromatic heterocycles. The Balaban J connectivity index is 1.59. The lowest BCUT2D eigenvalue weighted by Crippen LogP contribution is -2.47. The molecule has 4 heteroatoms. The number of hydrogen-bond donors (Lipinski definition) is 0. The van der Waals surface area contributed by atoms with Crippen LogP contribution in [0.1, 0.15) is 44.4 Å². The molecule has 0 N–H and O–H groups in total. The van der Waals surface area contributed by atoms with Crippen LogP contribution in [0.2, 0.25) is 0 Å². The molecule has 2 aliphatic rings. The van der Waals surface area contributed by atoms with Crippen LogP contribution in [0, 0.1) is 11.8 Å². The maximum atomic E-state index is 12.4. The summed E-state index contributed by atoms with van der Waals surface area (Å²) in [6, 6.07) is 19.1. The van der Waals surface area contributed by atoms with E-state index in [1.54, 1.807) is 0 Å². The molecule has 0 amide bonds. The maximum absolute atomic E-state index is 12.4. The summed E-state index contributed by atoms with van der Waals surface area (Å²) in [4.78, 5) is 12.4. The third-order valence-corrected chi connectivity index (χ3v) is 7.86. The Labute approximate surface area is 180 Å². The van der Waals surface area contributed by atoms with Crippen molar-refractivity contribution in [1.29, 1.82) is 0 Å². The minimum atomic E-state index is -0.0158. The van der Waals surface area contributed by atoms with E-state index < -0.39 is 0 Å². The fourth-order valence-corrected chi connectivity index (χ4v) is 6.12. The van der Waals surface area contributed by atoms with E-state index in [2.05, 4.69) is 83.0 Å². The first-order chi connectivity index (χ1) is 14.0. The van der Waals surface area contributed by atoms with Gasteiger partial charge in [0.25, 0.3) is 0 Å². The maximum Gasteiger partial charge on any atom is 0.136 e. The third kappa shape index (κ3) is 2.92. The van der Waals surface area contributed by atoms with Crippen molar-refractivity contribution in [1.82, 2.24) is 9.78 Å². The van der Waals surface area contributed by atoms with Gasteiger partial charge < -0.3 is 0 Å². The van der Waals surface area contributed by atoms with Gasteiger partial charge in [-0.15, -0.1) is 0 Å². The van der Waals surface area contributed by atoms with Crippen LogP contribution >= 0.6 is 15.9 Å². The van der Waals surface area contributed by atoms with Crippen LogP contribution in [0.3, 0.4) is 0 Å². The Morgan fingerprint density at radius 1 is 1.03 bits per heavy atom. The molecule has 3 atom stereocenters. The first-order valence-electron chi connectivity index (χ1n) is 10.5. The average molecular weight is 449 g/mol. The lowest BCUT2D eigenvalue weighted by Gasteiger charge is -2.47. The lowest BCUT2D eigenvalue weighted by molar-refractivity contribution is -0.128. The van der Waals surface area contributed by atoms with Gasteiger partial charge >= 0.3 is 0 Å². The van der Waals surface area contributed by atoms with Crippen molar-refractivity contribution in [2.45, 2.75) is 44.9 Å². The number of carbonyl (C=O) groups is 1. The van der Waals surface area contributed by atoms with Crippen molar-refractivity contribution in [2.24, 2.45) is 11.8 Å². The van der Waals surface area contributed by atoms with Gasteiger partial charge in [0, 0.05) is 23.3 Å². The van der Waals surface area contributed by atoms with Crippen LogP contribution < -0.4 is 0 Å². The van der Waals surface area contributed by atoms with Crippen molar-refractivity contribution in [3.8, 4) is 16.8 Å². The van der Waals surface area contributed by atoms with E-state index in [1.807, 2.05) is 6.07 Å². The van der Waals surface area contributed by atoms with E-state index in [0.29, 0.717) is 18.1 Å². The van der Waals surface area contributed by atoms with Gasteiger partial charge in [-0.2, -0.15) is 5.10 Å². The van der Waals surface area contributed by atoms with Gasteiger partial charge in [-0.05, 0) is 64.4 Å². The number of hydrogen-bond acceptors (Lipinski definition) is 2. The van der Waals surface area contributed by atoms with Crippen LogP contribution in [0.15, 0.2) is 59.2 Å². The van der Waals surface area contributed by atoms with Gasteiger partial charge in [0.2, 0.25) is 0 Å². The standard InChI is InChI=1S/C25H25BrN2O/c1-16-21-13-12-20-23(25(21,2)15-14-22(16)29)28(27-24(20)26)19-10-8-18(9-11-19)17-6-4-3-5-7-17/h3-11,16,21H,12-15H2,1-2H3/t16-,21-,25-/m1/s1. The molecule has 1 saturated carbocycles. The second-order valence-electron chi connectivity index (χ2n) is 8.76. The molecule has 0 unspecified atom stereocenters. The lowest BCUT2D eigenvalue weighted by atomic mass is 9.56. The fraction of sp³-hybridized carbons (Fsp3) is 0.360. The molecule has 1 fully saturated rings. The highest BCUT2D eigenvalue weighted by Crippen LogP contribution is 2.52. The Morgan fingerprint density at radius 2 is 1.72 bits per heavy atom. The zero-order valence-electron chi connectivity index (χ0n) is 16.9. The van der Waals surface area contributed by atoms with Crippen LogP contribution in [0.25, 0.3) is 16.8 Å². The van der Waals surface area contributed by atoms with E-state index in [-0.39, 0.29) is 11.3 Å². The highest BCUT2D eigenvalue weighted by atomic mass is 79.9. The number of aromatic nitrogens is 2. The number of fused-ring (bicyclic) bond motifs is 3. The summed E-state index contributed by atoms with van der Waals surface area (Å²) in [6.07, 6.45) is 3.63. The summed E-state index contributed by atoms with van der Waals surface area (Å²) in [6.45, 7) is 4.47. The summed E-state index contributed by atoms with van der Waals surface area (Å²) in [5.74, 6) is 0.944. The Kier molecular flexibility index (Phi) is 4.50. The first kappa shape index (κ1) is 18.8. The minimum Gasteiger partial charge on any atom is -0.299 e. The molecule has 5 rings (SSSR count). The van der Waals surface area contributed by atoms with Gasteiger partial charge in [0.1, 0.15) is 10.4 Å². The fourth-order valence-electron chi connectivity index (χ4n) is 5.58. The Morgan fingerprint density at radius 3 is 2.45 bits per heavy atom. The number of benzene rings is 2. The second kappa shape index (κ2) is 6.94. The largest absolute Gasteiger partial charge is 0.299 e. The molecule has 3 nitrogen and oxygen atoms in total. The zero-order valence-corrected chi connectivity index (χ0v) is 18.4. The quantitative estimate of drug-likeness (QED) is 0.473. The normalized spacial score (nSPS) is 26.1. The molecule has 0 aliphatic heterocycles. The van der Waals surface area contributed by atoms with E-state index >= 15 is 0 Å². The van der Waals surface area contributed by atoms with E-state index in [9.17, 15) is 4.79 Å². The summed E-state index contributed by atoms with van der Waals surface area (Å²) in [5.41, 5.74) is 6.10. The number of halogens is 1. The van der Waals surface area contributed by atoms with Crippen LogP contribution in [0.4, 0.5) is 0 Å². The summed E-state index contributed by atoms with van der Waals surface area (Å²) < 4.78 is 3.08. The van der Waals surface area contributed by atoms with Crippen LogP contribution in [-0.4, -0.2) is 15.6 Å². The smallest absolute Gasteiger partial charge is 0.136 e. The molecule has 0 spiro atoms. The summed E-state index contributed by atoms with van der Waals surface area (Å²) >= 11 is 3.72. The number of Topliss-reactive ketones (excluding diaryl/α,β-unsaturated/α-hetero) is 1. The molecule has 0 bridgehead atoms. The van der Waals surface area contributed by atoms with Crippen LogP contribution in [-0.2, 0) is 16.6 Å². The van der Waals surface area contributed by atoms with Crippen molar-refractivity contribution >= 4 is 21.7 Å². The topological polar surface area (TPSA) is 34.9 Å². The first-order valence-corrected chi connectivity index (χ1v) is 11.2. The van der Waals surface area contributed by atoms with Gasteiger partial charge in [-0.25, -0.2) is 4.68 Å². The van der Waals surface area contributed by atoms with E-state index in [0.717, 1.165) is 29.6 Å². The molecule has 3 aromatic rings. The summed E-state index contributed by atoms with van der Waals surface area (Å²) in [7, 11) is 0. The van der Waals surface area contributed by atoms with Gasteiger partial charge in [0.15, 0.2) is 0 Å². The van der Waals surface area contributed by atoms with Gasteiger partial charge in [0.05, 0.1) is 11.4 Å². The third-order valence-electron chi connectivity index (χ3n) is 7.22. The predicted molar refractivity (Wildman–Crippen MR) is 119 cm³/mol. The molecule has 0 radical (unpaired) electrons. The molecule has 1 heterocycles. The molecular weight excluding hydrogens is 424 g/mol. The number of rotatable bonds is 2. The molecule has 29 heavy (non-hydrogen) atoms. The van der Waals surface area contributed by atoms with Crippen molar-refractivity contribution in [3.63, 3.8) is 0 Å². The second-order valence-corrected chi connectivity index (χ2v) is 9.51. The Hall–Kier alpha value is -2.20. The molecule has 2 aliphatic carbocycles. The highest BCUT2D eigenvalue weighted by molar-refractivity contribution is 9.10. The SMILES string of the molecule is C[C@H]1C(=O)CC[C@@]2(C)c3c(c(Br)nn3-c3ccc(-c4ccccc4)cc3)CC[C@H]12. The molecule has 2 aromatic carbocycles. The molecule has 148 valence electrons. The van der Waals surface area contributed by atoms with Crippen molar-refractivity contribution in [3.05, 3.63) is 70.5 Å². The van der Waals surface area contributed by atoms with E-state index in [4.69, 9.17) is 5.10 Å². The molecule has 0 saturated heterocycles. The zero-order chi connectivity index (χ0) is 20.2.